The Hall–Kier alpha value is -3.08. The normalized spacial score (nSPS) is 12.8. The minimum absolute atomic E-state index is 0.115. The monoisotopic (exact) mass is 334 g/mol. The van der Waals surface area contributed by atoms with Crippen LogP contribution in [0.1, 0.15) is 15.9 Å². The highest BCUT2D eigenvalue weighted by Gasteiger charge is 2.12. The molecule has 0 saturated carbocycles. The van der Waals surface area contributed by atoms with Crippen molar-refractivity contribution in [2.45, 2.75) is 6.42 Å². The lowest BCUT2D eigenvalue weighted by Gasteiger charge is -2.18. The van der Waals surface area contributed by atoms with Gasteiger partial charge in [0.1, 0.15) is 13.2 Å². The van der Waals surface area contributed by atoms with Crippen molar-refractivity contribution in [2.24, 2.45) is 0 Å². The molecule has 2 heterocycles. The van der Waals surface area contributed by atoms with E-state index in [0.717, 1.165) is 34.4 Å². The zero-order valence-electron chi connectivity index (χ0n) is 13.7. The molecule has 0 bridgehead atoms. The number of hydrogen-bond acceptors (Lipinski definition) is 4. The second-order valence-corrected chi connectivity index (χ2v) is 5.90. The summed E-state index contributed by atoms with van der Waals surface area (Å²) in [6.07, 6.45) is 2.34. The van der Waals surface area contributed by atoms with Crippen LogP contribution >= 0.6 is 0 Å². The quantitative estimate of drug-likeness (QED) is 0.797. The average Bonchev–Trinajstić information content (AvgIpc) is 2.67. The molecule has 1 N–H and O–H groups in total. The van der Waals surface area contributed by atoms with Crippen LogP contribution in [0, 0.1) is 0 Å². The van der Waals surface area contributed by atoms with Crippen LogP contribution in [0.5, 0.6) is 11.5 Å². The maximum Gasteiger partial charge on any atom is 0.252 e. The molecule has 0 unspecified atom stereocenters. The molecule has 5 heteroatoms. The van der Waals surface area contributed by atoms with Gasteiger partial charge in [0.25, 0.3) is 5.91 Å². The Bertz CT molecular complexity index is 924. The summed E-state index contributed by atoms with van der Waals surface area (Å²) >= 11 is 0. The van der Waals surface area contributed by atoms with E-state index in [0.29, 0.717) is 25.3 Å². The van der Waals surface area contributed by atoms with Gasteiger partial charge in [0.05, 0.1) is 11.1 Å². The molecule has 5 nitrogen and oxygen atoms in total. The molecule has 0 spiro atoms. The Morgan fingerprint density at radius 1 is 1.04 bits per heavy atom. The minimum atomic E-state index is -0.115. The predicted octanol–water partition coefficient (Wildman–Crippen LogP) is 2.98. The molecule has 126 valence electrons. The lowest BCUT2D eigenvalue weighted by molar-refractivity contribution is 0.0954. The van der Waals surface area contributed by atoms with Crippen LogP contribution in [0.3, 0.4) is 0 Å². The highest BCUT2D eigenvalue weighted by atomic mass is 16.6. The van der Waals surface area contributed by atoms with E-state index >= 15 is 0 Å². The first-order valence-corrected chi connectivity index (χ1v) is 8.31. The molecule has 1 aliphatic rings. The zero-order chi connectivity index (χ0) is 17.1. The van der Waals surface area contributed by atoms with E-state index in [-0.39, 0.29) is 5.91 Å². The predicted molar refractivity (Wildman–Crippen MR) is 95.2 cm³/mol. The van der Waals surface area contributed by atoms with Crippen LogP contribution < -0.4 is 14.8 Å². The fourth-order valence-corrected chi connectivity index (χ4v) is 2.86. The molecule has 0 fully saturated rings. The van der Waals surface area contributed by atoms with E-state index < -0.39 is 0 Å². The number of rotatable bonds is 4. The fraction of sp³-hybridized carbons (Fsp3) is 0.200. The van der Waals surface area contributed by atoms with Crippen molar-refractivity contribution in [3.05, 3.63) is 65.9 Å². The molecule has 3 aromatic rings. The second kappa shape index (κ2) is 6.81. The summed E-state index contributed by atoms with van der Waals surface area (Å²) in [4.78, 5) is 16.6. The highest BCUT2D eigenvalue weighted by molar-refractivity contribution is 5.97. The van der Waals surface area contributed by atoms with Crippen LogP contribution in [0.2, 0.25) is 0 Å². The number of carbonyl (C=O) groups is 1. The van der Waals surface area contributed by atoms with Gasteiger partial charge in [-0.25, -0.2) is 0 Å². The van der Waals surface area contributed by atoms with Crippen LogP contribution in [0.15, 0.2) is 54.7 Å². The van der Waals surface area contributed by atoms with Crippen molar-refractivity contribution in [3.63, 3.8) is 0 Å². The Balaban J connectivity index is 1.38. The van der Waals surface area contributed by atoms with Crippen molar-refractivity contribution in [1.29, 1.82) is 0 Å². The number of fused-ring (bicyclic) bond motifs is 2. The first-order valence-electron chi connectivity index (χ1n) is 8.31. The van der Waals surface area contributed by atoms with E-state index in [9.17, 15) is 4.79 Å². The minimum Gasteiger partial charge on any atom is -0.486 e. The highest BCUT2D eigenvalue weighted by Crippen LogP contribution is 2.30. The van der Waals surface area contributed by atoms with E-state index in [2.05, 4.69) is 10.3 Å². The number of benzene rings is 2. The van der Waals surface area contributed by atoms with Crippen molar-refractivity contribution in [3.8, 4) is 11.5 Å². The maximum atomic E-state index is 12.3. The van der Waals surface area contributed by atoms with Crippen molar-refractivity contribution < 1.29 is 14.3 Å². The van der Waals surface area contributed by atoms with Gasteiger partial charge in [-0.1, -0.05) is 24.3 Å². The van der Waals surface area contributed by atoms with Crippen LogP contribution in [-0.2, 0) is 6.42 Å². The van der Waals surface area contributed by atoms with Gasteiger partial charge in [-0.05, 0) is 36.2 Å². The lowest BCUT2D eigenvalue weighted by Crippen LogP contribution is -2.25. The number of carbonyl (C=O) groups excluding carboxylic acids is 1. The summed E-state index contributed by atoms with van der Waals surface area (Å²) in [7, 11) is 0. The zero-order valence-corrected chi connectivity index (χ0v) is 13.7. The van der Waals surface area contributed by atoms with Gasteiger partial charge >= 0.3 is 0 Å². The maximum absolute atomic E-state index is 12.3. The Morgan fingerprint density at radius 3 is 2.80 bits per heavy atom. The largest absolute Gasteiger partial charge is 0.486 e. The van der Waals surface area contributed by atoms with Crippen molar-refractivity contribution in [2.75, 3.05) is 19.8 Å². The molecule has 0 aliphatic carbocycles. The molecule has 0 saturated heterocycles. The number of pyridine rings is 1. The Morgan fingerprint density at radius 2 is 1.88 bits per heavy atom. The summed E-state index contributed by atoms with van der Waals surface area (Å²) in [5.41, 5.74) is 2.55. The van der Waals surface area contributed by atoms with E-state index in [1.54, 1.807) is 6.20 Å². The SMILES string of the molecule is O=C(NCCc1ccc2c(c1)OCCO2)c1cnc2ccccc2c1. The van der Waals surface area contributed by atoms with Gasteiger partial charge in [-0.2, -0.15) is 0 Å². The molecule has 1 aromatic heterocycles. The number of nitrogens with zero attached hydrogens (tertiary/aromatic N) is 1. The molecule has 2 aromatic carbocycles. The molecular weight excluding hydrogens is 316 g/mol. The molecule has 0 radical (unpaired) electrons. The van der Waals surface area contributed by atoms with Gasteiger partial charge in [-0.3, -0.25) is 9.78 Å². The van der Waals surface area contributed by atoms with Gasteiger partial charge in [0, 0.05) is 18.1 Å². The summed E-state index contributed by atoms with van der Waals surface area (Å²) in [6, 6.07) is 15.5. The fourth-order valence-electron chi connectivity index (χ4n) is 2.86. The number of amides is 1. The third-order valence-corrected chi connectivity index (χ3v) is 4.16. The lowest BCUT2D eigenvalue weighted by atomic mass is 10.1. The number of ether oxygens (including phenoxy) is 2. The summed E-state index contributed by atoms with van der Waals surface area (Å²) in [5.74, 6) is 1.44. The number of hydrogen-bond donors (Lipinski definition) is 1. The second-order valence-electron chi connectivity index (χ2n) is 5.90. The third kappa shape index (κ3) is 3.40. The number of nitrogens with one attached hydrogen (secondary N) is 1. The molecule has 25 heavy (non-hydrogen) atoms. The number of para-hydroxylation sites is 1. The summed E-state index contributed by atoms with van der Waals surface area (Å²) < 4.78 is 11.1. The Kier molecular flexibility index (Phi) is 4.21. The van der Waals surface area contributed by atoms with Crippen LogP contribution in [0.25, 0.3) is 10.9 Å². The summed E-state index contributed by atoms with van der Waals surface area (Å²) in [6.45, 7) is 1.70. The van der Waals surface area contributed by atoms with Gasteiger partial charge < -0.3 is 14.8 Å². The van der Waals surface area contributed by atoms with Crippen molar-refractivity contribution >= 4 is 16.8 Å². The Labute approximate surface area is 145 Å². The van der Waals surface area contributed by atoms with E-state index in [1.807, 2.05) is 48.5 Å². The van der Waals surface area contributed by atoms with E-state index in [4.69, 9.17) is 9.47 Å². The standard InChI is InChI=1S/C20H18N2O3/c23-20(16-12-15-3-1-2-4-17(15)22-13-16)21-8-7-14-5-6-18-19(11-14)25-10-9-24-18/h1-6,11-13H,7-10H2,(H,21,23). The topological polar surface area (TPSA) is 60.5 Å². The van der Waals surface area contributed by atoms with Gasteiger partial charge in [0.15, 0.2) is 11.5 Å². The molecular formula is C20H18N2O3. The summed E-state index contributed by atoms with van der Waals surface area (Å²) in [5, 5.41) is 3.90. The third-order valence-electron chi connectivity index (χ3n) is 4.16. The van der Waals surface area contributed by atoms with Crippen LogP contribution in [0.4, 0.5) is 0 Å². The van der Waals surface area contributed by atoms with Gasteiger partial charge in [-0.15, -0.1) is 0 Å². The van der Waals surface area contributed by atoms with Gasteiger partial charge in [0.2, 0.25) is 0 Å². The molecule has 0 atom stereocenters. The first-order chi connectivity index (χ1) is 12.3. The van der Waals surface area contributed by atoms with E-state index in [1.165, 1.54) is 0 Å². The number of aromatic nitrogens is 1. The smallest absolute Gasteiger partial charge is 0.252 e. The van der Waals surface area contributed by atoms with Crippen LogP contribution in [-0.4, -0.2) is 30.6 Å². The average molecular weight is 334 g/mol. The van der Waals surface area contributed by atoms with Crippen molar-refractivity contribution in [1.82, 2.24) is 10.3 Å². The first kappa shape index (κ1) is 15.4. The molecule has 1 amide bonds. The molecule has 4 rings (SSSR count). The molecule has 1 aliphatic heterocycles.